The smallest absolute Gasteiger partial charge is 0.161 e. The van der Waals surface area contributed by atoms with Crippen LogP contribution in [0.4, 0.5) is 0 Å². The topological polar surface area (TPSA) is 57.5 Å². The number of carbonyl (C=O) groups excluding carboxylic acids is 1. The molecule has 0 amide bonds. The third-order valence-electron chi connectivity index (χ3n) is 7.70. The normalized spacial score (nSPS) is 32.0. The quantitative estimate of drug-likeness (QED) is 0.528. The first-order valence-corrected chi connectivity index (χ1v) is 11.7. The number of rotatable bonds is 6. The number of ketones is 1. The van der Waals surface area contributed by atoms with E-state index in [9.17, 15) is 15.0 Å². The van der Waals surface area contributed by atoms with Crippen LogP contribution in [0.3, 0.4) is 0 Å². The minimum atomic E-state index is -0.584. The Labute approximate surface area is 182 Å². The Morgan fingerprint density at radius 3 is 2.73 bits per heavy atom. The van der Waals surface area contributed by atoms with Gasteiger partial charge in [0.1, 0.15) is 0 Å². The average molecular weight is 413 g/mol. The van der Waals surface area contributed by atoms with E-state index in [4.69, 9.17) is 0 Å². The standard InChI is InChI=1S/C27H40O3/c1-18(8-6-14-26(3,4)30)23-12-13-24-20(9-7-15-27(23,24)5)10-11-21-16-22(28)17-25(29)19(21)2/h9-11,22,24,28,30H,6-8,12-17H2,1-5H3/b11-10-,23-18+/t22-,24?,27?/m1/s1. The highest BCUT2D eigenvalue weighted by atomic mass is 16.3. The Kier molecular flexibility index (Phi) is 6.94. The van der Waals surface area contributed by atoms with Gasteiger partial charge in [0.15, 0.2) is 5.78 Å². The highest BCUT2D eigenvalue weighted by molar-refractivity contribution is 5.97. The van der Waals surface area contributed by atoms with Crippen molar-refractivity contribution in [3.05, 3.63) is 46.1 Å². The second-order valence-corrected chi connectivity index (χ2v) is 10.6. The highest BCUT2D eigenvalue weighted by Crippen LogP contribution is 2.57. The molecule has 0 heterocycles. The van der Waals surface area contributed by atoms with Crippen LogP contribution in [0.15, 0.2) is 46.1 Å². The molecule has 0 aliphatic heterocycles. The monoisotopic (exact) mass is 412 g/mol. The van der Waals surface area contributed by atoms with Crippen LogP contribution in [0.2, 0.25) is 0 Å². The van der Waals surface area contributed by atoms with Gasteiger partial charge in [0.2, 0.25) is 0 Å². The first-order valence-electron chi connectivity index (χ1n) is 11.7. The van der Waals surface area contributed by atoms with E-state index >= 15 is 0 Å². The van der Waals surface area contributed by atoms with Crippen LogP contribution in [0, 0.1) is 11.3 Å². The van der Waals surface area contributed by atoms with Crippen LogP contribution in [0.25, 0.3) is 0 Å². The van der Waals surface area contributed by atoms with Crippen LogP contribution in [0.1, 0.15) is 92.4 Å². The number of aliphatic hydroxyl groups is 2. The second kappa shape index (κ2) is 8.96. The highest BCUT2D eigenvalue weighted by Gasteiger charge is 2.45. The molecule has 0 radical (unpaired) electrons. The third kappa shape index (κ3) is 5.06. The summed E-state index contributed by atoms with van der Waals surface area (Å²) in [6, 6.07) is 0. The summed E-state index contributed by atoms with van der Waals surface area (Å²) in [4.78, 5) is 12.1. The van der Waals surface area contributed by atoms with E-state index in [2.05, 4.69) is 32.1 Å². The zero-order valence-corrected chi connectivity index (χ0v) is 19.6. The molecule has 3 aliphatic carbocycles. The first kappa shape index (κ1) is 23.2. The van der Waals surface area contributed by atoms with Gasteiger partial charge in [-0.3, -0.25) is 4.79 Å². The molecule has 0 aromatic rings. The molecular weight excluding hydrogens is 372 g/mol. The molecular formula is C27H40O3. The van der Waals surface area contributed by atoms with E-state index in [1.165, 1.54) is 30.4 Å². The molecule has 0 saturated heterocycles. The van der Waals surface area contributed by atoms with Crippen molar-refractivity contribution in [2.45, 2.75) is 104 Å². The molecule has 166 valence electrons. The molecule has 3 rings (SSSR count). The van der Waals surface area contributed by atoms with Crippen molar-refractivity contribution < 1.29 is 15.0 Å². The first-order chi connectivity index (χ1) is 14.0. The van der Waals surface area contributed by atoms with Crippen molar-refractivity contribution >= 4 is 5.78 Å². The van der Waals surface area contributed by atoms with Crippen LogP contribution < -0.4 is 0 Å². The zero-order valence-electron chi connectivity index (χ0n) is 19.6. The minimum absolute atomic E-state index is 0.0728. The van der Waals surface area contributed by atoms with Crippen LogP contribution >= 0.6 is 0 Å². The number of allylic oxidation sites excluding steroid dienone is 7. The maximum absolute atomic E-state index is 12.1. The molecule has 1 fully saturated rings. The number of fused-ring (bicyclic) bond motifs is 1. The van der Waals surface area contributed by atoms with Gasteiger partial charge in [0.05, 0.1) is 11.7 Å². The molecule has 0 aromatic heterocycles. The van der Waals surface area contributed by atoms with Crippen LogP contribution in [-0.4, -0.2) is 27.7 Å². The maximum atomic E-state index is 12.1. The molecule has 1 saturated carbocycles. The summed E-state index contributed by atoms with van der Waals surface area (Å²) in [6.07, 6.45) is 14.6. The molecule has 0 aromatic carbocycles. The molecule has 0 spiro atoms. The molecule has 3 atom stereocenters. The van der Waals surface area contributed by atoms with Crippen molar-refractivity contribution in [1.29, 1.82) is 0 Å². The molecule has 3 aliphatic rings. The van der Waals surface area contributed by atoms with E-state index < -0.39 is 11.7 Å². The van der Waals surface area contributed by atoms with E-state index in [1.807, 2.05) is 20.8 Å². The third-order valence-corrected chi connectivity index (χ3v) is 7.70. The van der Waals surface area contributed by atoms with Gasteiger partial charge in [-0.15, -0.1) is 0 Å². The van der Waals surface area contributed by atoms with Gasteiger partial charge >= 0.3 is 0 Å². The lowest BCUT2D eigenvalue weighted by atomic mass is 9.66. The second-order valence-electron chi connectivity index (χ2n) is 10.6. The fraction of sp³-hybridized carbons (Fsp3) is 0.667. The minimum Gasteiger partial charge on any atom is -0.392 e. The molecule has 30 heavy (non-hydrogen) atoms. The number of carbonyl (C=O) groups is 1. The fourth-order valence-electron chi connectivity index (χ4n) is 5.88. The van der Waals surface area contributed by atoms with E-state index in [1.54, 1.807) is 5.57 Å². The van der Waals surface area contributed by atoms with Crippen LogP contribution in [-0.2, 0) is 4.79 Å². The van der Waals surface area contributed by atoms with E-state index in [-0.39, 0.29) is 17.6 Å². The number of Topliss-reactive ketones (excluding diaryl/α,β-unsaturated/α-hetero) is 1. The summed E-state index contributed by atoms with van der Waals surface area (Å²) >= 11 is 0. The lowest BCUT2D eigenvalue weighted by Crippen LogP contribution is -2.28. The summed E-state index contributed by atoms with van der Waals surface area (Å²) in [7, 11) is 0. The van der Waals surface area contributed by atoms with Gasteiger partial charge in [-0.2, -0.15) is 0 Å². The number of hydrogen-bond donors (Lipinski definition) is 2. The largest absolute Gasteiger partial charge is 0.392 e. The van der Waals surface area contributed by atoms with E-state index in [0.717, 1.165) is 36.8 Å². The molecule has 3 nitrogen and oxygen atoms in total. The summed E-state index contributed by atoms with van der Waals surface area (Å²) < 4.78 is 0. The zero-order chi connectivity index (χ0) is 22.1. The predicted octanol–water partition coefficient (Wildman–Crippen LogP) is 5.98. The Morgan fingerprint density at radius 1 is 1.30 bits per heavy atom. The van der Waals surface area contributed by atoms with Gasteiger partial charge in [0.25, 0.3) is 0 Å². The number of aliphatic hydroxyl groups excluding tert-OH is 1. The molecule has 2 N–H and O–H groups in total. The van der Waals surface area contributed by atoms with Crippen LogP contribution in [0.5, 0.6) is 0 Å². The summed E-state index contributed by atoms with van der Waals surface area (Å²) in [6.45, 7) is 10.4. The Hall–Kier alpha value is -1.45. The summed E-state index contributed by atoms with van der Waals surface area (Å²) in [5, 5.41) is 20.0. The maximum Gasteiger partial charge on any atom is 0.161 e. The molecule has 3 heteroatoms. The fourth-order valence-corrected chi connectivity index (χ4v) is 5.88. The van der Waals surface area contributed by atoms with Crippen molar-refractivity contribution in [3.63, 3.8) is 0 Å². The summed E-state index contributed by atoms with van der Waals surface area (Å²) in [5.41, 5.74) is 6.00. The Bertz CT molecular complexity index is 802. The number of hydrogen-bond acceptors (Lipinski definition) is 3. The van der Waals surface area contributed by atoms with Crippen molar-refractivity contribution in [1.82, 2.24) is 0 Å². The van der Waals surface area contributed by atoms with Gasteiger partial charge in [-0.25, -0.2) is 0 Å². The van der Waals surface area contributed by atoms with Crippen molar-refractivity contribution in [2.75, 3.05) is 0 Å². The van der Waals surface area contributed by atoms with Crippen molar-refractivity contribution in [3.8, 4) is 0 Å². The van der Waals surface area contributed by atoms with Gasteiger partial charge in [0, 0.05) is 6.42 Å². The van der Waals surface area contributed by atoms with Gasteiger partial charge in [-0.05, 0) is 107 Å². The predicted molar refractivity (Wildman–Crippen MR) is 123 cm³/mol. The Balaban J connectivity index is 1.76. The molecule has 2 unspecified atom stereocenters. The SMILES string of the molecule is CC1=C(/C=C\C2=CCCC3(C)/C(=C(\C)CCCC(C)(C)O)CCC23)C[C@@H](O)CC1=O. The average Bonchev–Trinajstić information content (AvgIpc) is 3.00. The molecule has 0 bridgehead atoms. The summed E-state index contributed by atoms with van der Waals surface area (Å²) in [5.74, 6) is 0.607. The lowest BCUT2D eigenvalue weighted by molar-refractivity contribution is -0.117. The van der Waals surface area contributed by atoms with Gasteiger partial charge < -0.3 is 10.2 Å². The Morgan fingerprint density at radius 2 is 2.03 bits per heavy atom. The van der Waals surface area contributed by atoms with Crippen molar-refractivity contribution in [2.24, 2.45) is 11.3 Å². The van der Waals surface area contributed by atoms with Gasteiger partial charge in [-0.1, -0.05) is 36.3 Å². The van der Waals surface area contributed by atoms with E-state index in [0.29, 0.717) is 12.3 Å². The lowest BCUT2D eigenvalue weighted by Gasteiger charge is -2.38.